The monoisotopic (exact) mass is 460 g/mol. The molecule has 0 spiro atoms. The second-order valence-electron chi connectivity index (χ2n) is 7.62. The van der Waals surface area contributed by atoms with Crippen LogP contribution in [-0.2, 0) is 10.0 Å². The minimum Gasteiger partial charge on any atom is -0.439 e. The van der Waals surface area contributed by atoms with Gasteiger partial charge in [-0.1, -0.05) is 17.7 Å². The first kappa shape index (κ1) is 22.1. The number of rotatable bonds is 5. The molecule has 0 amide bonds. The maximum absolute atomic E-state index is 13.4. The highest BCUT2D eigenvalue weighted by Crippen LogP contribution is 2.27. The number of aromatic nitrogens is 2. The topological polar surface area (TPSA) is 75.6 Å². The molecular formula is C22H22F2N4O3S. The summed E-state index contributed by atoms with van der Waals surface area (Å²) < 4.78 is 59.7. The molecule has 7 nitrogen and oxygen atoms in total. The van der Waals surface area contributed by atoms with Crippen LogP contribution in [0.1, 0.15) is 12.5 Å². The third kappa shape index (κ3) is 4.56. The maximum Gasteiger partial charge on any atom is 0.243 e. The zero-order valence-electron chi connectivity index (χ0n) is 17.6. The Morgan fingerprint density at radius 1 is 1.00 bits per heavy atom. The third-order valence-electron chi connectivity index (χ3n) is 5.26. The first-order valence-corrected chi connectivity index (χ1v) is 11.5. The van der Waals surface area contributed by atoms with E-state index in [0.717, 1.165) is 17.7 Å². The molecule has 0 radical (unpaired) electrons. The quantitative estimate of drug-likeness (QED) is 0.577. The Morgan fingerprint density at radius 3 is 2.44 bits per heavy atom. The maximum atomic E-state index is 13.4. The Morgan fingerprint density at radius 2 is 1.75 bits per heavy atom. The van der Waals surface area contributed by atoms with Crippen molar-refractivity contribution in [1.29, 1.82) is 0 Å². The van der Waals surface area contributed by atoms with E-state index in [0.29, 0.717) is 25.5 Å². The molecule has 0 N–H and O–H groups in total. The van der Waals surface area contributed by atoms with Gasteiger partial charge in [-0.25, -0.2) is 27.2 Å². The molecule has 2 aromatic carbocycles. The Kier molecular flexibility index (Phi) is 6.07. The van der Waals surface area contributed by atoms with E-state index in [2.05, 4.69) is 9.97 Å². The molecular weight excluding hydrogens is 438 g/mol. The summed E-state index contributed by atoms with van der Waals surface area (Å²) in [7, 11) is -3.61. The number of hydrogen-bond donors (Lipinski definition) is 0. The number of hydrogen-bond acceptors (Lipinski definition) is 6. The van der Waals surface area contributed by atoms with E-state index < -0.39 is 21.7 Å². The fraction of sp³-hybridized carbons (Fsp3) is 0.273. The Hall–Kier alpha value is -3.11. The molecule has 4 rings (SSSR count). The van der Waals surface area contributed by atoms with E-state index in [4.69, 9.17) is 4.74 Å². The van der Waals surface area contributed by atoms with Crippen LogP contribution in [0.5, 0.6) is 11.6 Å². The summed E-state index contributed by atoms with van der Waals surface area (Å²) in [6.07, 6.45) is 1.31. The normalized spacial score (nSPS) is 17.4. The average Bonchev–Trinajstić information content (AvgIpc) is 2.76. The molecule has 0 unspecified atom stereocenters. The van der Waals surface area contributed by atoms with Crippen molar-refractivity contribution < 1.29 is 21.9 Å². The number of piperazine rings is 1. The van der Waals surface area contributed by atoms with Crippen molar-refractivity contribution in [3.63, 3.8) is 0 Å². The lowest BCUT2D eigenvalue weighted by atomic mass is 10.2. The van der Waals surface area contributed by atoms with Crippen LogP contribution in [0.4, 0.5) is 14.6 Å². The van der Waals surface area contributed by atoms with Crippen molar-refractivity contribution >= 4 is 15.8 Å². The first-order chi connectivity index (χ1) is 15.2. The van der Waals surface area contributed by atoms with Crippen LogP contribution in [0.3, 0.4) is 0 Å². The number of sulfonamides is 1. The van der Waals surface area contributed by atoms with Gasteiger partial charge in [-0.15, -0.1) is 0 Å². The summed E-state index contributed by atoms with van der Waals surface area (Å²) in [6, 6.07) is 11.3. The summed E-state index contributed by atoms with van der Waals surface area (Å²) >= 11 is 0. The molecule has 0 aliphatic carbocycles. The average molecular weight is 461 g/mol. The number of aryl methyl sites for hydroxylation is 1. The van der Waals surface area contributed by atoms with Gasteiger partial charge in [0.15, 0.2) is 11.6 Å². The highest BCUT2D eigenvalue weighted by atomic mass is 32.2. The minimum absolute atomic E-state index is 0.107. The zero-order valence-corrected chi connectivity index (χ0v) is 18.4. The van der Waals surface area contributed by atoms with E-state index in [1.165, 1.54) is 16.7 Å². The van der Waals surface area contributed by atoms with Gasteiger partial charge in [0.05, 0.1) is 4.90 Å². The number of halogens is 2. The van der Waals surface area contributed by atoms with Crippen LogP contribution in [0.25, 0.3) is 0 Å². The molecule has 3 aromatic rings. The third-order valence-corrected chi connectivity index (χ3v) is 7.29. The second kappa shape index (κ2) is 8.79. The van der Waals surface area contributed by atoms with Crippen molar-refractivity contribution in [3.8, 4) is 11.6 Å². The highest BCUT2D eigenvalue weighted by Gasteiger charge is 2.34. The summed E-state index contributed by atoms with van der Waals surface area (Å²) in [4.78, 5) is 10.5. The Balaban J connectivity index is 1.48. The standard InChI is InChI=1S/C22H22F2N4O3S/c1-15-3-6-18(7-4-15)32(29,30)28-10-9-27(13-16(28)2)21-12-22(26-14-25-21)31-17-5-8-19(23)20(24)11-17/h3-8,11-12,14,16H,9-10,13H2,1-2H3/t16-/m1/s1. The van der Waals surface area contributed by atoms with Crippen molar-refractivity contribution in [2.24, 2.45) is 0 Å². The Bertz CT molecular complexity index is 1220. The molecule has 1 aliphatic heterocycles. The van der Waals surface area contributed by atoms with Crippen LogP contribution >= 0.6 is 0 Å². The largest absolute Gasteiger partial charge is 0.439 e. The number of ether oxygens (including phenoxy) is 1. The van der Waals surface area contributed by atoms with Crippen LogP contribution in [0, 0.1) is 18.6 Å². The lowest BCUT2D eigenvalue weighted by Gasteiger charge is -2.39. The molecule has 1 aliphatic rings. The van der Waals surface area contributed by atoms with Gasteiger partial charge in [-0.2, -0.15) is 4.31 Å². The van der Waals surface area contributed by atoms with Gasteiger partial charge in [0, 0.05) is 37.8 Å². The SMILES string of the molecule is Cc1ccc(S(=O)(=O)N2CCN(c3cc(Oc4ccc(F)c(F)c4)ncn3)C[C@H]2C)cc1. The summed E-state index contributed by atoms with van der Waals surface area (Å²) in [5.41, 5.74) is 0.993. The van der Waals surface area contributed by atoms with Crippen molar-refractivity contribution in [2.45, 2.75) is 24.8 Å². The van der Waals surface area contributed by atoms with Crippen LogP contribution in [-0.4, -0.2) is 48.4 Å². The fourth-order valence-electron chi connectivity index (χ4n) is 3.57. The van der Waals surface area contributed by atoms with E-state index in [1.54, 1.807) is 30.3 Å². The summed E-state index contributed by atoms with van der Waals surface area (Å²) in [5, 5.41) is 0. The predicted molar refractivity (Wildman–Crippen MR) is 115 cm³/mol. The zero-order chi connectivity index (χ0) is 22.9. The molecule has 1 fully saturated rings. The molecule has 0 bridgehead atoms. The van der Waals surface area contributed by atoms with Gasteiger partial charge < -0.3 is 9.64 Å². The molecule has 2 heterocycles. The van der Waals surface area contributed by atoms with E-state index >= 15 is 0 Å². The summed E-state index contributed by atoms with van der Waals surface area (Å²) in [6.45, 7) is 4.90. The first-order valence-electron chi connectivity index (χ1n) is 10.0. The van der Waals surface area contributed by atoms with Gasteiger partial charge in [0.2, 0.25) is 15.9 Å². The van der Waals surface area contributed by atoms with Crippen molar-refractivity contribution in [2.75, 3.05) is 24.5 Å². The van der Waals surface area contributed by atoms with Crippen LogP contribution < -0.4 is 9.64 Å². The predicted octanol–water partition coefficient (Wildman–Crippen LogP) is 3.75. The van der Waals surface area contributed by atoms with Crippen LogP contribution in [0.2, 0.25) is 0 Å². The fourth-order valence-corrected chi connectivity index (χ4v) is 5.18. The molecule has 1 aromatic heterocycles. The van der Waals surface area contributed by atoms with E-state index in [1.807, 2.05) is 18.7 Å². The minimum atomic E-state index is -3.61. The summed E-state index contributed by atoms with van der Waals surface area (Å²) in [5.74, 6) is -1.15. The van der Waals surface area contributed by atoms with Crippen molar-refractivity contribution in [3.05, 3.63) is 72.1 Å². The van der Waals surface area contributed by atoms with E-state index in [9.17, 15) is 17.2 Å². The Labute approximate surface area is 185 Å². The van der Waals surface area contributed by atoms with Gasteiger partial charge in [-0.05, 0) is 38.1 Å². The smallest absolute Gasteiger partial charge is 0.243 e. The van der Waals surface area contributed by atoms with Gasteiger partial charge in [0.1, 0.15) is 17.9 Å². The molecule has 168 valence electrons. The molecule has 32 heavy (non-hydrogen) atoms. The molecule has 1 atom stereocenters. The molecule has 10 heteroatoms. The van der Waals surface area contributed by atoms with Gasteiger partial charge in [-0.3, -0.25) is 0 Å². The van der Waals surface area contributed by atoms with Gasteiger partial charge >= 0.3 is 0 Å². The molecule has 0 saturated carbocycles. The molecule has 1 saturated heterocycles. The van der Waals surface area contributed by atoms with E-state index in [-0.39, 0.29) is 22.6 Å². The lowest BCUT2D eigenvalue weighted by Crippen LogP contribution is -2.54. The van der Waals surface area contributed by atoms with Crippen molar-refractivity contribution in [1.82, 2.24) is 14.3 Å². The second-order valence-corrected chi connectivity index (χ2v) is 9.51. The van der Waals surface area contributed by atoms with Gasteiger partial charge in [0.25, 0.3) is 0 Å². The highest BCUT2D eigenvalue weighted by molar-refractivity contribution is 7.89. The number of anilines is 1. The lowest BCUT2D eigenvalue weighted by molar-refractivity contribution is 0.305. The van der Waals surface area contributed by atoms with Crippen LogP contribution in [0.15, 0.2) is 59.8 Å². The number of benzene rings is 2. The number of nitrogens with zero attached hydrogens (tertiary/aromatic N) is 4.